The molecule has 1 aliphatic rings. The normalized spacial score (nSPS) is 15.1. The van der Waals surface area contributed by atoms with Gasteiger partial charge < -0.3 is 14.6 Å². The average molecular weight is 541 g/mol. The maximum absolute atomic E-state index is 15.8. The summed E-state index contributed by atoms with van der Waals surface area (Å²) in [6.07, 6.45) is 1.14. The molecular formula is C32H35F3O4. The van der Waals surface area contributed by atoms with Gasteiger partial charge in [-0.15, -0.1) is 0 Å². The van der Waals surface area contributed by atoms with Crippen molar-refractivity contribution in [1.82, 2.24) is 0 Å². The summed E-state index contributed by atoms with van der Waals surface area (Å²) in [5.41, 5.74) is 1.10. The summed E-state index contributed by atoms with van der Waals surface area (Å²) in [4.78, 5) is 11.4. The fourth-order valence-corrected chi connectivity index (χ4v) is 4.86. The van der Waals surface area contributed by atoms with Gasteiger partial charge >= 0.3 is 5.97 Å². The van der Waals surface area contributed by atoms with Crippen LogP contribution in [0.5, 0.6) is 11.5 Å². The summed E-state index contributed by atoms with van der Waals surface area (Å²) in [5.74, 6) is -1.57. The van der Waals surface area contributed by atoms with Gasteiger partial charge in [-0.3, -0.25) is 4.79 Å². The molecule has 1 aliphatic carbocycles. The van der Waals surface area contributed by atoms with Gasteiger partial charge in [-0.2, -0.15) is 0 Å². The van der Waals surface area contributed by atoms with E-state index in [1.54, 1.807) is 51.1 Å². The van der Waals surface area contributed by atoms with Crippen molar-refractivity contribution in [3.63, 3.8) is 0 Å². The molecule has 0 heterocycles. The van der Waals surface area contributed by atoms with Crippen LogP contribution in [0, 0.1) is 23.0 Å². The zero-order chi connectivity index (χ0) is 28.3. The number of halogens is 3. The largest absolute Gasteiger partial charge is 0.497 e. The van der Waals surface area contributed by atoms with Gasteiger partial charge in [0.1, 0.15) is 24.3 Å². The van der Waals surface area contributed by atoms with E-state index < -0.39 is 35.1 Å². The number of hydrogen-bond acceptors (Lipinski definition) is 3. The van der Waals surface area contributed by atoms with Crippen LogP contribution in [0.4, 0.5) is 13.2 Å². The lowest BCUT2D eigenvalue weighted by Gasteiger charge is -2.27. The van der Waals surface area contributed by atoms with E-state index in [1.165, 1.54) is 31.4 Å². The number of methoxy groups -OCH3 is 1. The van der Waals surface area contributed by atoms with Crippen molar-refractivity contribution >= 4 is 5.97 Å². The summed E-state index contributed by atoms with van der Waals surface area (Å²) in [6, 6.07) is 14.1. The number of hydrogen-bond donors (Lipinski definition) is 1. The minimum atomic E-state index is -1.42. The van der Waals surface area contributed by atoms with Crippen LogP contribution in [0.25, 0.3) is 11.1 Å². The highest BCUT2D eigenvalue weighted by molar-refractivity contribution is 5.71. The van der Waals surface area contributed by atoms with Crippen LogP contribution in [-0.2, 0) is 11.4 Å². The number of aliphatic carboxylic acids is 1. The van der Waals surface area contributed by atoms with Gasteiger partial charge in [-0.1, -0.05) is 57.9 Å². The van der Waals surface area contributed by atoms with E-state index in [9.17, 15) is 14.3 Å². The molecule has 3 aromatic carbocycles. The molecule has 0 aliphatic heterocycles. The van der Waals surface area contributed by atoms with Crippen molar-refractivity contribution in [2.24, 2.45) is 11.3 Å². The van der Waals surface area contributed by atoms with Gasteiger partial charge in [-0.25, -0.2) is 13.2 Å². The second-order valence-electron chi connectivity index (χ2n) is 11.4. The number of rotatable bonds is 11. The first kappa shape index (κ1) is 28.5. The second-order valence-corrected chi connectivity index (χ2v) is 11.4. The average Bonchev–Trinajstić information content (AvgIpc) is 3.71. The Morgan fingerprint density at radius 2 is 1.77 bits per heavy atom. The Bertz CT molecular complexity index is 1330. The van der Waals surface area contributed by atoms with E-state index in [2.05, 4.69) is 0 Å². The van der Waals surface area contributed by atoms with Crippen molar-refractivity contribution in [1.29, 1.82) is 0 Å². The third kappa shape index (κ3) is 6.94. The van der Waals surface area contributed by atoms with Crippen molar-refractivity contribution < 1.29 is 32.5 Å². The van der Waals surface area contributed by atoms with Crippen LogP contribution >= 0.6 is 0 Å². The fourth-order valence-electron chi connectivity index (χ4n) is 4.86. The minimum Gasteiger partial charge on any atom is -0.497 e. The first-order chi connectivity index (χ1) is 18.5. The van der Waals surface area contributed by atoms with Crippen LogP contribution < -0.4 is 9.47 Å². The van der Waals surface area contributed by atoms with Crippen LogP contribution in [0.3, 0.4) is 0 Å². The third-order valence-electron chi connectivity index (χ3n) is 7.18. The van der Waals surface area contributed by atoms with Crippen LogP contribution in [-0.4, -0.2) is 18.2 Å². The molecule has 0 unspecified atom stereocenters. The molecule has 7 heteroatoms. The monoisotopic (exact) mass is 540 g/mol. The third-order valence-corrected chi connectivity index (χ3v) is 7.18. The molecule has 2 atom stereocenters. The molecule has 0 spiro atoms. The van der Waals surface area contributed by atoms with Crippen molar-refractivity contribution in [3.05, 3.63) is 82.9 Å². The van der Waals surface area contributed by atoms with E-state index in [4.69, 9.17) is 9.47 Å². The Morgan fingerprint density at radius 3 is 2.41 bits per heavy atom. The maximum Gasteiger partial charge on any atom is 0.303 e. The molecule has 1 fully saturated rings. The Hall–Kier alpha value is -3.48. The molecule has 0 bridgehead atoms. The predicted octanol–water partition coefficient (Wildman–Crippen LogP) is 8.63. The van der Waals surface area contributed by atoms with Gasteiger partial charge in [-0.05, 0) is 76.3 Å². The molecule has 0 saturated heterocycles. The van der Waals surface area contributed by atoms with Crippen LogP contribution in [0.2, 0.25) is 0 Å². The number of alkyl halides is 1. The van der Waals surface area contributed by atoms with Crippen molar-refractivity contribution in [2.45, 2.75) is 65.2 Å². The minimum absolute atomic E-state index is 0.00997. The molecule has 3 aromatic rings. The molecule has 4 rings (SSSR count). The van der Waals surface area contributed by atoms with E-state index in [0.29, 0.717) is 40.3 Å². The Kier molecular flexibility index (Phi) is 8.57. The number of carboxylic acid groups (broad SMARTS) is 1. The number of ether oxygens (including phenoxy) is 2. The zero-order valence-electron chi connectivity index (χ0n) is 22.8. The summed E-state index contributed by atoms with van der Waals surface area (Å²) in [6.45, 7) is 5.26. The van der Waals surface area contributed by atoms with Gasteiger partial charge in [0.15, 0.2) is 11.6 Å². The first-order valence-corrected chi connectivity index (χ1v) is 13.2. The van der Waals surface area contributed by atoms with Gasteiger partial charge in [0.05, 0.1) is 13.5 Å². The molecular weight excluding hydrogens is 505 g/mol. The quantitative estimate of drug-likeness (QED) is 0.264. The fraction of sp³-hybridized carbons (Fsp3) is 0.406. The summed E-state index contributed by atoms with van der Waals surface area (Å²) < 4.78 is 57.1. The van der Waals surface area contributed by atoms with Gasteiger partial charge in [0.25, 0.3) is 0 Å². The summed E-state index contributed by atoms with van der Waals surface area (Å²) in [5, 5.41) is 9.36. The summed E-state index contributed by atoms with van der Waals surface area (Å²) in [7, 11) is 1.48. The molecule has 1 N–H and O–H groups in total. The molecule has 208 valence electrons. The van der Waals surface area contributed by atoms with Crippen molar-refractivity contribution in [2.75, 3.05) is 7.11 Å². The van der Waals surface area contributed by atoms with E-state index >= 15 is 8.78 Å². The first-order valence-electron chi connectivity index (χ1n) is 13.2. The van der Waals surface area contributed by atoms with E-state index in [1.807, 2.05) is 0 Å². The number of carboxylic acids is 1. The molecule has 1 saturated carbocycles. The Balaban J connectivity index is 1.63. The summed E-state index contributed by atoms with van der Waals surface area (Å²) >= 11 is 0. The molecule has 0 amide bonds. The highest BCUT2D eigenvalue weighted by Crippen LogP contribution is 2.43. The van der Waals surface area contributed by atoms with E-state index in [-0.39, 0.29) is 24.3 Å². The molecule has 0 radical (unpaired) electrons. The van der Waals surface area contributed by atoms with E-state index in [0.717, 1.165) is 12.8 Å². The molecule has 39 heavy (non-hydrogen) atoms. The SMILES string of the molecule is COc1ccc(F)c(-c2ccc(COc3cccc([C@H](CC(=O)O)CC4CC4)c3F)cc2[C@@H](F)C(C)(C)C)c1. The lowest BCUT2D eigenvalue weighted by Crippen LogP contribution is -2.15. The number of benzene rings is 3. The lowest BCUT2D eigenvalue weighted by molar-refractivity contribution is -0.137. The Labute approximate surface area is 227 Å². The smallest absolute Gasteiger partial charge is 0.303 e. The molecule has 0 aromatic heterocycles. The Morgan fingerprint density at radius 1 is 1.03 bits per heavy atom. The second kappa shape index (κ2) is 11.7. The number of carbonyl (C=O) groups is 1. The van der Waals surface area contributed by atoms with Gasteiger partial charge in [0, 0.05) is 5.56 Å². The van der Waals surface area contributed by atoms with Crippen LogP contribution in [0.1, 0.15) is 75.2 Å². The molecule has 4 nitrogen and oxygen atoms in total. The predicted molar refractivity (Wildman–Crippen MR) is 145 cm³/mol. The maximum atomic E-state index is 15.8. The zero-order valence-corrected chi connectivity index (χ0v) is 22.8. The topological polar surface area (TPSA) is 55.8 Å². The van der Waals surface area contributed by atoms with Crippen LogP contribution in [0.15, 0.2) is 54.6 Å². The van der Waals surface area contributed by atoms with Crippen molar-refractivity contribution in [3.8, 4) is 22.6 Å². The highest BCUT2D eigenvalue weighted by Gasteiger charge is 2.31. The highest BCUT2D eigenvalue weighted by atomic mass is 19.1. The lowest BCUT2D eigenvalue weighted by atomic mass is 9.82. The standard InChI is InChI=1S/C32H35F3O4/c1-32(2,3)31(35)26-15-20(10-12-24(26)25-17-22(38-4)11-13-27(25)33)18-39-28-7-5-6-23(30(28)34)21(16-29(36)37)14-19-8-9-19/h5-7,10-13,15,17,19,21,31H,8-9,14,16,18H2,1-4H3,(H,36,37)/t21-,31+/m0/s1. The van der Waals surface area contributed by atoms with Gasteiger partial charge in [0.2, 0.25) is 0 Å².